The van der Waals surface area contributed by atoms with Crippen LogP contribution in [0.2, 0.25) is 0 Å². The first-order valence-corrected chi connectivity index (χ1v) is 12.8. The summed E-state index contributed by atoms with van der Waals surface area (Å²) in [6.07, 6.45) is 15.2. The molecule has 0 aliphatic carbocycles. The Morgan fingerprint density at radius 2 is 1.40 bits per heavy atom. The van der Waals surface area contributed by atoms with Crippen LogP contribution in [0.3, 0.4) is 0 Å². The van der Waals surface area contributed by atoms with Crippen LogP contribution < -0.4 is 0 Å². The highest BCUT2D eigenvalue weighted by Gasteiger charge is 2.15. The van der Waals surface area contributed by atoms with Gasteiger partial charge in [0.05, 0.1) is 22.8 Å². The second-order valence-electron chi connectivity index (χ2n) is 7.65. The normalized spacial score (nSPS) is 12.2. The van der Waals surface area contributed by atoms with Crippen LogP contribution in [-0.2, 0) is 14.3 Å². The molecule has 1 aromatic rings. The summed E-state index contributed by atoms with van der Waals surface area (Å²) < 4.78 is 28.9. The van der Waals surface area contributed by atoms with Gasteiger partial charge in [0.1, 0.15) is 0 Å². The van der Waals surface area contributed by atoms with E-state index in [0.717, 1.165) is 19.3 Å². The van der Waals surface area contributed by atoms with E-state index in [2.05, 4.69) is 6.92 Å². The summed E-state index contributed by atoms with van der Waals surface area (Å²) in [5.74, 6) is -0.0442. The molecule has 0 radical (unpaired) electrons. The molecule has 0 aliphatic heterocycles. The third-order valence-corrected chi connectivity index (χ3v) is 6.32. The van der Waals surface area contributed by atoms with Crippen molar-refractivity contribution in [3.8, 4) is 0 Å². The van der Waals surface area contributed by atoms with Crippen LogP contribution in [0.1, 0.15) is 89.5 Å². The molecule has 0 N–H and O–H groups in total. The van der Waals surface area contributed by atoms with Gasteiger partial charge in [-0.15, -0.1) is 0 Å². The fourth-order valence-corrected chi connectivity index (χ4v) is 4.25. The van der Waals surface area contributed by atoms with Gasteiger partial charge in [0, 0.05) is 6.08 Å². The van der Waals surface area contributed by atoms with Crippen LogP contribution >= 0.6 is 0 Å². The predicted octanol–water partition coefficient (Wildman–Crippen LogP) is 6.35. The summed E-state index contributed by atoms with van der Waals surface area (Å²) >= 11 is 0. The third kappa shape index (κ3) is 12.8. The van der Waals surface area contributed by atoms with E-state index in [0.29, 0.717) is 12.0 Å². The zero-order valence-electron chi connectivity index (χ0n) is 18.3. The zero-order valence-corrected chi connectivity index (χ0v) is 19.1. The number of rotatable bonds is 18. The van der Waals surface area contributed by atoms with E-state index in [9.17, 15) is 18.5 Å². The Morgan fingerprint density at radius 3 is 1.90 bits per heavy atom. The molecule has 0 saturated carbocycles. The van der Waals surface area contributed by atoms with E-state index in [1.54, 1.807) is 30.3 Å². The number of benzene rings is 1. The molecule has 30 heavy (non-hydrogen) atoms. The Morgan fingerprint density at radius 1 is 0.900 bits per heavy atom. The molecule has 0 spiro atoms. The second kappa shape index (κ2) is 16.0. The van der Waals surface area contributed by atoms with Gasteiger partial charge in [-0.3, -0.25) is 14.3 Å². The maximum Gasteiger partial charge on any atom is 0.274 e. The van der Waals surface area contributed by atoms with Crippen molar-refractivity contribution in [3.05, 3.63) is 52.1 Å². The maximum atomic E-state index is 12.0. The second-order valence-corrected chi connectivity index (χ2v) is 9.41. The van der Waals surface area contributed by atoms with Crippen molar-refractivity contribution in [1.29, 1.82) is 0 Å². The zero-order chi connectivity index (χ0) is 22.1. The van der Waals surface area contributed by atoms with E-state index in [-0.39, 0.29) is 18.1 Å². The lowest BCUT2D eigenvalue weighted by atomic mass is 10.1. The highest BCUT2D eigenvalue weighted by molar-refractivity contribution is 7.86. The van der Waals surface area contributed by atoms with Crippen molar-refractivity contribution in [2.45, 2.75) is 84.0 Å². The molecule has 0 aromatic heterocycles. The molecule has 0 unspecified atom stereocenters. The van der Waals surface area contributed by atoms with E-state index in [1.165, 1.54) is 57.4 Å². The Bertz CT molecular complexity index is 716. The first-order valence-electron chi connectivity index (χ1n) is 11.2. The largest absolute Gasteiger partial charge is 0.274 e. The number of hydrogen-bond acceptors (Lipinski definition) is 5. The van der Waals surface area contributed by atoms with Crippen molar-refractivity contribution >= 4 is 15.8 Å². The summed E-state index contributed by atoms with van der Waals surface area (Å²) in [4.78, 5) is 10.7. The van der Waals surface area contributed by atoms with Crippen molar-refractivity contribution in [3.63, 3.8) is 0 Å². The van der Waals surface area contributed by atoms with E-state index in [1.807, 2.05) is 0 Å². The molecule has 0 bridgehead atoms. The van der Waals surface area contributed by atoms with E-state index < -0.39 is 15.0 Å². The molecule has 0 heterocycles. The Hall–Kier alpha value is -1.73. The standard InChI is InChI=1S/C23H37NO5S/c1-2-3-4-5-6-7-8-9-10-11-12-16-21-30(27,28)29-20-19-23(24(25)26)22-17-14-13-15-18-22/h13-15,17-19H,2-12,16,20-21H2,1H3. The summed E-state index contributed by atoms with van der Waals surface area (Å²) in [5.41, 5.74) is 0.264. The van der Waals surface area contributed by atoms with Crippen molar-refractivity contribution < 1.29 is 17.5 Å². The molecule has 170 valence electrons. The van der Waals surface area contributed by atoms with Gasteiger partial charge in [-0.1, -0.05) is 95.8 Å². The predicted molar refractivity (Wildman–Crippen MR) is 122 cm³/mol. The molecule has 0 atom stereocenters. The molecular formula is C23H37NO5S. The minimum absolute atomic E-state index is 0.0442. The highest BCUT2D eigenvalue weighted by atomic mass is 32.2. The topological polar surface area (TPSA) is 86.5 Å². The molecule has 1 rings (SSSR count). The van der Waals surface area contributed by atoms with Crippen molar-refractivity contribution in [1.82, 2.24) is 0 Å². The first kappa shape index (κ1) is 26.3. The van der Waals surface area contributed by atoms with Gasteiger partial charge in [-0.2, -0.15) is 8.42 Å². The van der Waals surface area contributed by atoms with Gasteiger partial charge in [-0.25, -0.2) is 0 Å². The van der Waals surface area contributed by atoms with Crippen LogP contribution in [0.15, 0.2) is 36.4 Å². The fraction of sp³-hybridized carbons (Fsp3) is 0.652. The fourth-order valence-electron chi connectivity index (χ4n) is 3.30. The van der Waals surface area contributed by atoms with Crippen LogP contribution in [0, 0.1) is 10.1 Å². The van der Waals surface area contributed by atoms with Crippen molar-refractivity contribution in [2.24, 2.45) is 0 Å². The summed E-state index contributed by atoms with van der Waals surface area (Å²) in [6, 6.07) is 8.36. The van der Waals surface area contributed by atoms with Gasteiger partial charge in [0.25, 0.3) is 15.8 Å². The van der Waals surface area contributed by atoms with Crippen LogP contribution in [0.4, 0.5) is 0 Å². The monoisotopic (exact) mass is 439 g/mol. The first-order chi connectivity index (χ1) is 14.5. The number of nitrogens with zero attached hydrogens (tertiary/aromatic N) is 1. The Labute approximate surface area is 182 Å². The lowest BCUT2D eigenvalue weighted by Gasteiger charge is -2.05. The minimum Gasteiger partial charge on any atom is -0.266 e. The van der Waals surface area contributed by atoms with E-state index >= 15 is 0 Å². The number of nitro groups is 1. The van der Waals surface area contributed by atoms with Crippen LogP contribution in [-0.4, -0.2) is 25.7 Å². The lowest BCUT2D eigenvalue weighted by Crippen LogP contribution is -2.11. The van der Waals surface area contributed by atoms with Gasteiger partial charge in [-0.05, 0) is 18.6 Å². The highest BCUT2D eigenvalue weighted by Crippen LogP contribution is 2.15. The smallest absolute Gasteiger partial charge is 0.266 e. The Balaban J connectivity index is 2.15. The van der Waals surface area contributed by atoms with Crippen molar-refractivity contribution in [2.75, 3.05) is 12.4 Å². The quantitative estimate of drug-likeness (QED) is 0.115. The van der Waals surface area contributed by atoms with Gasteiger partial charge in [0.15, 0.2) is 0 Å². The summed E-state index contributed by atoms with van der Waals surface area (Å²) in [5, 5.41) is 11.2. The molecule has 0 aliphatic rings. The minimum atomic E-state index is -3.66. The molecule has 1 aromatic carbocycles. The average Bonchev–Trinajstić information content (AvgIpc) is 2.72. The lowest BCUT2D eigenvalue weighted by molar-refractivity contribution is -0.375. The van der Waals surface area contributed by atoms with Crippen LogP contribution in [0.5, 0.6) is 0 Å². The Kier molecular flexibility index (Phi) is 14.1. The number of unbranched alkanes of at least 4 members (excludes halogenated alkanes) is 11. The maximum absolute atomic E-state index is 12.0. The molecule has 6 nitrogen and oxygen atoms in total. The molecule has 0 fully saturated rings. The summed E-state index contributed by atoms with van der Waals surface area (Å²) in [6.45, 7) is 1.90. The number of hydrogen-bond donors (Lipinski definition) is 0. The molecule has 7 heteroatoms. The molecule has 0 saturated heterocycles. The van der Waals surface area contributed by atoms with Gasteiger partial charge in [0.2, 0.25) is 0 Å². The van der Waals surface area contributed by atoms with Crippen LogP contribution in [0.25, 0.3) is 5.70 Å². The van der Waals surface area contributed by atoms with Gasteiger partial charge < -0.3 is 0 Å². The third-order valence-electron chi connectivity index (χ3n) is 5.04. The summed E-state index contributed by atoms with van der Waals surface area (Å²) in [7, 11) is -3.66. The molecule has 0 amide bonds. The molecular weight excluding hydrogens is 402 g/mol. The average molecular weight is 440 g/mol. The van der Waals surface area contributed by atoms with E-state index in [4.69, 9.17) is 4.18 Å². The van der Waals surface area contributed by atoms with Gasteiger partial charge >= 0.3 is 0 Å². The SMILES string of the molecule is CCCCCCCCCCCCCCS(=O)(=O)OCC=C(c1ccccc1)[N+](=O)[O-].